The van der Waals surface area contributed by atoms with E-state index in [1.54, 1.807) is 31.4 Å². The Morgan fingerprint density at radius 1 is 1.17 bits per heavy atom. The SMILES string of the molecule is CC(=O)c1c(C)[nH]c(C(=O)COC(=O)Cc2csc(-c3ccc(F)cc3)n2)c1C. The number of nitrogens with zero attached hydrogens (tertiary/aromatic N) is 1. The number of esters is 1. The van der Waals surface area contributed by atoms with Crippen molar-refractivity contribution < 1.29 is 23.5 Å². The minimum Gasteiger partial charge on any atom is -0.457 e. The number of aromatic amines is 1. The second-order valence-corrected chi connectivity index (χ2v) is 7.45. The highest BCUT2D eigenvalue weighted by molar-refractivity contribution is 7.13. The van der Waals surface area contributed by atoms with E-state index in [1.807, 2.05) is 0 Å². The van der Waals surface area contributed by atoms with Crippen molar-refractivity contribution in [3.63, 3.8) is 0 Å². The zero-order valence-electron chi connectivity index (χ0n) is 16.2. The molecule has 8 heteroatoms. The molecule has 2 heterocycles. The Balaban J connectivity index is 1.59. The van der Waals surface area contributed by atoms with Gasteiger partial charge in [0.15, 0.2) is 12.4 Å². The van der Waals surface area contributed by atoms with Gasteiger partial charge in [0.25, 0.3) is 0 Å². The number of carbonyl (C=O) groups is 3. The fraction of sp³-hybridized carbons (Fsp3) is 0.238. The minimum atomic E-state index is -0.581. The smallest absolute Gasteiger partial charge is 0.312 e. The molecule has 0 spiro atoms. The first-order valence-corrected chi connectivity index (χ1v) is 9.73. The summed E-state index contributed by atoms with van der Waals surface area (Å²) in [5, 5.41) is 2.39. The zero-order valence-corrected chi connectivity index (χ0v) is 17.0. The van der Waals surface area contributed by atoms with Gasteiger partial charge >= 0.3 is 5.97 Å². The maximum atomic E-state index is 13.0. The molecule has 6 nitrogen and oxygen atoms in total. The van der Waals surface area contributed by atoms with Crippen LogP contribution in [0.5, 0.6) is 0 Å². The maximum absolute atomic E-state index is 13.0. The first kappa shape index (κ1) is 20.6. The Morgan fingerprint density at radius 3 is 2.48 bits per heavy atom. The molecule has 0 fully saturated rings. The number of carbonyl (C=O) groups excluding carboxylic acids is 3. The van der Waals surface area contributed by atoms with E-state index < -0.39 is 18.4 Å². The molecule has 3 rings (SSSR count). The van der Waals surface area contributed by atoms with Gasteiger partial charge in [0.1, 0.15) is 10.8 Å². The van der Waals surface area contributed by atoms with Gasteiger partial charge in [0.05, 0.1) is 17.8 Å². The van der Waals surface area contributed by atoms with Crippen LogP contribution in [0.4, 0.5) is 4.39 Å². The normalized spacial score (nSPS) is 10.8. The zero-order chi connectivity index (χ0) is 21.1. The Hall–Kier alpha value is -3.13. The fourth-order valence-corrected chi connectivity index (χ4v) is 3.91. The lowest BCUT2D eigenvalue weighted by atomic mass is 10.1. The predicted octanol–water partition coefficient (Wildman–Crippen LogP) is 4.07. The number of Topliss-reactive ketones (excluding diaryl/α,β-unsaturated/α-hetero) is 2. The summed E-state index contributed by atoms with van der Waals surface area (Å²) >= 11 is 1.34. The standard InChI is InChI=1S/C21H19FN2O4S/c1-11-19(13(3)25)12(2)23-20(11)17(26)9-28-18(27)8-16-10-29-21(24-16)14-4-6-15(22)7-5-14/h4-7,10,23H,8-9H2,1-3H3. The van der Waals surface area contributed by atoms with E-state index in [4.69, 9.17) is 4.74 Å². The van der Waals surface area contributed by atoms with Gasteiger partial charge < -0.3 is 9.72 Å². The third kappa shape index (κ3) is 4.65. The molecule has 0 aliphatic rings. The summed E-state index contributed by atoms with van der Waals surface area (Å²) in [5.41, 5.74) is 3.19. The van der Waals surface area contributed by atoms with Crippen LogP contribution in [0.3, 0.4) is 0 Å². The lowest BCUT2D eigenvalue weighted by Crippen LogP contribution is -2.17. The molecule has 29 heavy (non-hydrogen) atoms. The molecule has 0 radical (unpaired) electrons. The molecule has 1 aromatic carbocycles. The van der Waals surface area contributed by atoms with Crippen LogP contribution < -0.4 is 0 Å². The number of hydrogen-bond donors (Lipinski definition) is 1. The monoisotopic (exact) mass is 414 g/mol. The topological polar surface area (TPSA) is 89.1 Å². The number of aryl methyl sites for hydroxylation is 1. The number of nitrogens with one attached hydrogen (secondary N) is 1. The number of rotatable bonds is 7. The fourth-order valence-electron chi connectivity index (χ4n) is 3.09. The highest BCUT2D eigenvalue weighted by Gasteiger charge is 2.21. The molecule has 0 amide bonds. The summed E-state index contributed by atoms with van der Waals surface area (Å²) in [4.78, 5) is 43.4. The van der Waals surface area contributed by atoms with Crippen molar-refractivity contribution in [2.45, 2.75) is 27.2 Å². The number of H-pyrrole nitrogens is 1. The van der Waals surface area contributed by atoms with Crippen molar-refractivity contribution in [1.29, 1.82) is 0 Å². The minimum absolute atomic E-state index is 0.0770. The molecule has 0 unspecified atom stereocenters. The first-order chi connectivity index (χ1) is 13.8. The van der Waals surface area contributed by atoms with Gasteiger partial charge in [-0.25, -0.2) is 9.37 Å². The number of ether oxygens (including phenoxy) is 1. The Labute approximate surface area is 170 Å². The van der Waals surface area contributed by atoms with Crippen molar-refractivity contribution in [3.05, 3.63) is 63.7 Å². The van der Waals surface area contributed by atoms with Crippen molar-refractivity contribution >= 4 is 28.9 Å². The Bertz CT molecular complexity index is 1080. The molecule has 3 aromatic rings. The summed E-state index contributed by atoms with van der Waals surface area (Å²) in [6.07, 6.45) is -0.0770. The van der Waals surface area contributed by atoms with Gasteiger partial charge in [-0.05, 0) is 50.6 Å². The van der Waals surface area contributed by atoms with E-state index in [0.29, 0.717) is 27.5 Å². The highest BCUT2D eigenvalue weighted by Crippen LogP contribution is 2.24. The number of hydrogen-bond acceptors (Lipinski definition) is 6. The van der Waals surface area contributed by atoms with E-state index >= 15 is 0 Å². The van der Waals surface area contributed by atoms with Crippen LogP contribution in [-0.4, -0.2) is 34.1 Å². The van der Waals surface area contributed by atoms with Gasteiger partial charge in [-0.1, -0.05) is 0 Å². The number of aromatic nitrogens is 2. The van der Waals surface area contributed by atoms with Gasteiger partial charge in [0.2, 0.25) is 5.78 Å². The molecule has 0 bridgehead atoms. The molecule has 0 saturated carbocycles. The molecule has 150 valence electrons. The van der Waals surface area contributed by atoms with E-state index in [-0.39, 0.29) is 23.7 Å². The van der Waals surface area contributed by atoms with Crippen LogP contribution in [0.15, 0.2) is 29.6 Å². The van der Waals surface area contributed by atoms with E-state index in [1.165, 1.54) is 30.4 Å². The van der Waals surface area contributed by atoms with Crippen molar-refractivity contribution in [3.8, 4) is 10.6 Å². The number of halogens is 1. The average Bonchev–Trinajstić information content (AvgIpc) is 3.24. The van der Waals surface area contributed by atoms with Crippen LogP contribution >= 0.6 is 11.3 Å². The molecule has 1 N–H and O–H groups in total. The van der Waals surface area contributed by atoms with Crippen molar-refractivity contribution in [2.24, 2.45) is 0 Å². The summed E-state index contributed by atoms with van der Waals surface area (Å²) in [6, 6.07) is 5.92. The molecular weight excluding hydrogens is 395 g/mol. The Morgan fingerprint density at radius 2 is 1.86 bits per heavy atom. The van der Waals surface area contributed by atoms with Crippen molar-refractivity contribution in [2.75, 3.05) is 6.61 Å². The Kier molecular flexibility index (Phi) is 6.03. The maximum Gasteiger partial charge on any atom is 0.312 e. The van der Waals surface area contributed by atoms with E-state index in [2.05, 4.69) is 9.97 Å². The molecule has 0 saturated heterocycles. The molecule has 2 aromatic heterocycles. The second-order valence-electron chi connectivity index (χ2n) is 6.59. The first-order valence-electron chi connectivity index (χ1n) is 8.85. The number of ketones is 2. The molecule has 0 aliphatic heterocycles. The van der Waals surface area contributed by atoms with Crippen LogP contribution in [0.1, 0.15) is 44.7 Å². The van der Waals surface area contributed by atoms with Gasteiger partial charge in [-0.15, -0.1) is 11.3 Å². The summed E-state index contributed by atoms with van der Waals surface area (Å²) in [5.74, 6) is -1.45. The largest absolute Gasteiger partial charge is 0.457 e. The highest BCUT2D eigenvalue weighted by atomic mass is 32.1. The lowest BCUT2D eigenvalue weighted by molar-refractivity contribution is -0.141. The lowest BCUT2D eigenvalue weighted by Gasteiger charge is -2.03. The van der Waals surface area contributed by atoms with Crippen LogP contribution in [0.25, 0.3) is 10.6 Å². The van der Waals surface area contributed by atoms with Gasteiger partial charge in [-0.2, -0.15) is 0 Å². The van der Waals surface area contributed by atoms with Crippen LogP contribution in [0, 0.1) is 19.7 Å². The second kappa shape index (κ2) is 8.48. The number of benzene rings is 1. The van der Waals surface area contributed by atoms with E-state index in [9.17, 15) is 18.8 Å². The van der Waals surface area contributed by atoms with Crippen LogP contribution in [0.2, 0.25) is 0 Å². The third-order valence-electron chi connectivity index (χ3n) is 4.40. The quantitative estimate of drug-likeness (QED) is 0.465. The molecular formula is C21H19FN2O4S. The van der Waals surface area contributed by atoms with E-state index in [0.717, 1.165) is 5.56 Å². The van der Waals surface area contributed by atoms with Crippen molar-refractivity contribution in [1.82, 2.24) is 9.97 Å². The molecule has 0 aliphatic carbocycles. The van der Waals surface area contributed by atoms with Crippen LogP contribution in [-0.2, 0) is 16.0 Å². The summed E-state index contributed by atoms with van der Waals surface area (Å²) in [7, 11) is 0. The summed E-state index contributed by atoms with van der Waals surface area (Å²) < 4.78 is 18.1. The molecule has 0 atom stereocenters. The van der Waals surface area contributed by atoms with Gasteiger partial charge in [-0.3, -0.25) is 14.4 Å². The number of thiazole rings is 1. The third-order valence-corrected chi connectivity index (χ3v) is 5.34. The summed E-state index contributed by atoms with van der Waals surface area (Å²) in [6.45, 7) is 4.41. The van der Waals surface area contributed by atoms with Gasteiger partial charge in [0, 0.05) is 22.2 Å². The predicted molar refractivity (Wildman–Crippen MR) is 107 cm³/mol. The average molecular weight is 414 g/mol.